The number of hydrogen-bond acceptors (Lipinski definition) is 2. The van der Waals surface area contributed by atoms with Gasteiger partial charge in [0.05, 0.1) is 6.10 Å². The Kier molecular flexibility index (Phi) is 3.20. The summed E-state index contributed by atoms with van der Waals surface area (Å²) in [5.41, 5.74) is 0.0664. The van der Waals surface area contributed by atoms with Gasteiger partial charge in [0.1, 0.15) is 5.72 Å². The molecule has 2 nitrogen and oxygen atoms in total. The maximum Gasteiger partial charge on any atom is 0.119 e. The van der Waals surface area contributed by atoms with Gasteiger partial charge in [0, 0.05) is 6.54 Å². The van der Waals surface area contributed by atoms with Crippen LogP contribution in [0.25, 0.3) is 0 Å². The summed E-state index contributed by atoms with van der Waals surface area (Å²) in [6.45, 7) is 5.91. The fraction of sp³-hybridized carbons (Fsp3) is 1.00. The molecule has 17 heavy (non-hydrogen) atoms. The molecule has 0 aromatic carbocycles. The van der Waals surface area contributed by atoms with Gasteiger partial charge in [0.15, 0.2) is 0 Å². The first kappa shape index (κ1) is 12.0. The summed E-state index contributed by atoms with van der Waals surface area (Å²) in [7, 11) is 0. The third kappa shape index (κ3) is 2.53. The zero-order valence-corrected chi connectivity index (χ0v) is 11.4. The minimum Gasteiger partial charge on any atom is -0.357 e. The first-order valence-electron chi connectivity index (χ1n) is 7.61. The predicted octanol–water partition coefficient (Wildman–Crippen LogP) is 3.32. The average Bonchev–Trinajstić information content (AvgIpc) is 3.13. The van der Waals surface area contributed by atoms with Crippen molar-refractivity contribution in [2.75, 3.05) is 6.54 Å². The zero-order valence-electron chi connectivity index (χ0n) is 11.4. The largest absolute Gasteiger partial charge is 0.357 e. The average molecular weight is 237 g/mol. The van der Waals surface area contributed by atoms with Crippen LogP contribution in [0.3, 0.4) is 0 Å². The molecule has 0 aromatic rings. The lowest BCUT2D eigenvalue weighted by Crippen LogP contribution is -2.57. The van der Waals surface area contributed by atoms with E-state index in [1.807, 2.05) is 0 Å². The van der Waals surface area contributed by atoms with Crippen molar-refractivity contribution in [2.45, 2.75) is 70.6 Å². The molecule has 1 aliphatic heterocycles. The van der Waals surface area contributed by atoms with Crippen molar-refractivity contribution in [3.05, 3.63) is 0 Å². The molecule has 1 spiro atoms. The van der Waals surface area contributed by atoms with E-state index in [1.54, 1.807) is 0 Å². The van der Waals surface area contributed by atoms with Gasteiger partial charge in [0.2, 0.25) is 0 Å². The minimum atomic E-state index is 0.0664. The van der Waals surface area contributed by atoms with Gasteiger partial charge in [-0.15, -0.1) is 0 Å². The van der Waals surface area contributed by atoms with Crippen LogP contribution in [0.15, 0.2) is 0 Å². The summed E-state index contributed by atoms with van der Waals surface area (Å²) in [4.78, 5) is 0. The van der Waals surface area contributed by atoms with Gasteiger partial charge < -0.3 is 4.74 Å². The van der Waals surface area contributed by atoms with Gasteiger partial charge in [-0.3, -0.25) is 5.32 Å². The molecule has 0 bridgehead atoms. The molecular weight excluding hydrogens is 210 g/mol. The molecular formula is C15H27NO. The van der Waals surface area contributed by atoms with Gasteiger partial charge >= 0.3 is 0 Å². The topological polar surface area (TPSA) is 21.3 Å². The molecule has 1 atom stereocenters. The van der Waals surface area contributed by atoms with Gasteiger partial charge in [0.25, 0.3) is 0 Å². The summed E-state index contributed by atoms with van der Waals surface area (Å²) in [6, 6.07) is 0. The van der Waals surface area contributed by atoms with Crippen LogP contribution in [0, 0.1) is 17.8 Å². The van der Waals surface area contributed by atoms with E-state index >= 15 is 0 Å². The third-order valence-corrected chi connectivity index (χ3v) is 5.18. The second kappa shape index (κ2) is 4.55. The molecule has 98 valence electrons. The summed E-state index contributed by atoms with van der Waals surface area (Å²) >= 11 is 0. The van der Waals surface area contributed by atoms with Crippen LogP contribution >= 0.6 is 0 Å². The van der Waals surface area contributed by atoms with Gasteiger partial charge in [-0.05, 0) is 62.7 Å². The Hall–Kier alpha value is -0.0800. The van der Waals surface area contributed by atoms with E-state index in [9.17, 15) is 0 Å². The molecule has 2 aliphatic carbocycles. The lowest BCUT2D eigenvalue weighted by molar-refractivity contribution is -0.171. The summed E-state index contributed by atoms with van der Waals surface area (Å²) in [5.74, 6) is 2.67. The van der Waals surface area contributed by atoms with E-state index in [4.69, 9.17) is 4.74 Å². The Bertz CT molecular complexity index is 264. The molecule has 1 unspecified atom stereocenters. The van der Waals surface area contributed by atoms with E-state index in [1.165, 1.54) is 51.5 Å². The van der Waals surface area contributed by atoms with E-state index in [2.05, 4.69) is 19.2 Å². The molecule has 0 amide bonds. The van der Waals surface area contributed by atoms with E-state index in [-0.39, 0.29) is 5.72 Å². The highest BCUT2D eigenvalue weighted by Crippen LogP contribution is 2.43. The van der Waals surface area contributed by atoms with E-state index < -0.39 is 0 Å². The summed E-state index contributed by atoms with van der Waals surface area (Å²) in [6.07, 6.45) is 9.80. The van der Waals surface area contributed by atoms with Crippen LogP contribution in [-0.2, 0) is 4.74 Å². The predicted molar refractivity (Wildman–Crippen MR) is 69.7 cm³/mol. The number of nitrogens with one attached hydrogen (secondary N) is 1. The zero-order chi connectivity index (χ0) is 11.9. The van der Waals surface area contributed by atoms with Crippen LogP contribution in [0.4, 0.5) is 0 Å². The van der Waals surface area contributed by atoms with Gasteiger partial charge in [-0.25, -0.2) is 0 Å². The molecule has 1 N–H and O–H groups in total. The standard InChI is InChI=1S/C15H27NO/c1-11(2)12-5-8-15(9-6-12)16-10-7-14(17-15)13-3-4-13/h11-14,16H,3-10H2,1-2H3. The highest BCUT2D eigenvalue weighted by molar-refractivity contribution is 4.93. The maximum absolute atomic E-state index is 6.46. The van der Waals surface area contributed by atoms with Crippen molar-refractivity contribution in [3.63, 3.8) is 0 Å². The fourth-order valence-corrected chi connectivity index (χ4v) is 3.70. The normalized spacial score (nSPS) is 43.2. The molecule has 2 heteroatoms. The van der Waals surface area contributed by atoms with Crippen LogP contribution in [0.5, 0.6) is 0 Å². The highest BCUT2D eigenvalue weighted by Gasteiger charge is 2.44. The van der Waals surface area contributed by atoms with Crippen molar-refractivity contribution in [2.24, 2.45) is 17.8 Å². The maximum atomic E-state index is 6.46. The first-order valence-corrected chi connectivity index (χ1v) is 7.61. The Morgan fingerprint density at radius 1 is 1.06 bits per heavy atom. The van der Waals surface area contributed by atoms with Gasteiger partial charge in [-0.2, -0.15) is 0 Å². The quantitative estimate of drug-likeness (QED) is 0.795. The first-order chi connectivity index (χ1) is 8.19. The summed E-state index contributed by atoms with van der Waals surface area (Å²) < 4.78 is 6.46. The van der Waals surface area contributed by atoms with Crippen molar-refractivity contribution >= 4 is 0 Å². The van der Waals surface area contributed by atoms with E-state index in [0.29, 0.717) is 6.10 Å². The highest BCUT2D eigenvalue weighted by atomic mass is 16.5. The second-order valence-electron chi connectivity index (χ2n) is 6.78. The van der Waals surface area contributed by atoms with Crippen LogP contribution < -0.4 is 5.32 Å². The SMILES string of the molecule is CC(C)C1CCC2(CC1)NCCC(C1CC1)O2. The lowest BCUT2D eigenvalue weighted by Gasteiger charge is -2.47. The Morgan fingerprint density at radius 2 is 1.76 bits per heavy atom. The molecule has 3 aliphatic rings. The lowest BCUT2D eigenvalue weighted by atomic mass is 9.77. The van der Waals surface area contributed by atoms with Crippen molar-refractivity contribution in [1.29, 1.82) is 0 Å². The Labute approximate surface area is 105 Å². The number of ether oxygens (including phenoxy) is 1. The van der Waals surface area contributed by atoms with Crippen LogP contribution in [0.2, 0.25) is 0 Å². The number of hydrogen-bond donors (Lipinski definition) is 1. The monoisotopic (exact) mass is 237 g/mol. The number of rotatable bonds is 2. The summed E-state index contributed by atoms with van der Waals surface area (Å²) in [5, 5.41) is 3.68. The Morgan fingerprint density at radius 3 is 2.35 bits per heavy atom. The molecule has 0 aromatic heterocycles. The molecule has 1 saturated heterocycles. The minimum absolute atomic E-state index is 0.0664. The molecule has 1 heterocycles. The Balaban J connectivity index is 1.59. The van der Waals surface area contributed by atoms with Crippen molar-refractivity contribution in [3.8, 4) is 0 Å². The molecule has 0 radical (unpaired) electrons. The van der Waals surface area contributed by atoms with Gasteiger partial charge in [-0.1, -0.05) is 13.8 Å². The van der Waals surface area contributed by atoms with Crippen LogP contribution in [-0.4, -0.2) is 18.4 Å². The third-order valence-electron chi connectivity index (χ3n) is 5.18. The van der Waals surface area contributed by atoms with Crippen molar-refractivity contribution in [1.82, 2.24) is 5.32 Å². The second-order valence-corrected chi connectivity index (χ2v) is 6.78. The molecule has 3 fully saturated rings. The van der Waals surface area contributed by atoms with E-state index in [0.717, 1.165) is 17.8 Å². The fourth-order valence-electron chi connectivity index (χ4n) is 3.70. The smallest absolute Gasteiger partial charge is 0.119 e. The van der Waals surface area contributed by atoms with Crippen molar-refractivity contribution < 1.29 is 4.74 Å². The molecule has 3 rings (SSSR count). The molecule has 2 saturated carbocycles. The van der Waals surface area contributed by atoms with Crippen LogP contribution in [0.1, 0.15) is 58.8 Å².